The lowest BCUT2D eigenvalue weighted by Crippen LogP contribution is -2.47. The lowest BCUT2D eigenvalue weighted by Gasteiger charge is -2.15. The zero-order valence-corrected chi connectivity index (χ0v) is 6.94. The molecule has 0 aromatic carbocycles. The SMILES string of the molecule is C#CCNC(=O)NC1(C(F)F)CC1. The van der Waals surface area contributed by atoms with Crippen LogP contribution in [-0.4, -0.2) is 24.5 Å². The van der Waals surface area contributed by atoms with Gasteiger partial charge in [-0.05, 0) is 12.8 Å². The fourth-order valence-electron chi connectivity index (χ4n) is 0.934. The molecule has 0 aromatic rings. The normalized spacial score (nSPS) is 17.7. The van der Waals surface area contributed by atoms with Crippen molar-refractivity contribution in [2.24, 2.45) is 0 Å². The number of urea groups is 1. The number of halogens is 2. The smallest absolute Gasteiger partial charge is 0.316 e. The van der Waals surface area contributed by atoms with Gasteiger partial charge in [-0.1, -0.05) is 5.92 Å². The van der Waals surface area contributed by atoms with Gasteiger partial charge in [0, 0.05) is 0 Å². The van der Waals surface area contributed by atoms with Gasteiger partial charge < -0.3 is 10.6 Å². The van der Waals surface area contributed by atoms with E-state index >= 15 is 0 Å². The second-order valence-electron chi connectivity index (χ2n) is 2.97. The summed E-state index contributed by atoms with van der Waals surface area (Å²) >= 11 is 0. The number of carbonyl (C=O) groups excluding carboxylic acids is 1. The molecule has 0 unspecified atom stereocenters. The summed E-state index contributed by atoms with van der Waals surface area (Å²) in [7, 11) is 0. The third kappa shape index (κ3) is 2.31. The van der Waals surface area contributed by atoms with E-state index in [0.29, 0.717) is 12.8 Å². The van der Waals surface area contributed by atoms with Crippen LogP contribution in [0.2, 0.25) is 0 Å². The number of hydrogen-bond acceptors (Lipinski definition) is 1. The maximum absolute atomic E-state index is 12.3. The summed E-state index contributed by atoms with van der Waals surface area (Å²) in [5, 5.41) is 4.47. The van der Waals surface area contributed by atoms with E-state index in [1.807, 2.05) is 0 Å². The number of terminal acetylenes is 1. The molecule has 1 rings (SSSR count). The third-order valence-corrected chi connectivity index (χ3v) is 1.92. The molecule has 0 aromatic heterocycles. The minimum atomic E-state index is -2.51. The minimum Gasteiger partial charge on any atom is -0.327 e. The van der Waals surface area contributed by atoms with Crippen molar-refractivity contribution in [2.45, 2.75) is 24.8 Å². The van der Waals surface area contributed by atoms with Crippen LogP contribution >= 0.6 is 0 Å². The molecule has 3 nitrogen and oxygen atoms in total. The van der Waals surface area contributed by atoms with Crippen LogP contribution in [0.3, 0.4) is 0 Å². The van der Waals surface area contributed by atoms with Crippen molar-refractivity contribution >= 4 is 6.03 Å². The molecule has 13 heavy (non-hydrogen) atoms. The van der Waals surface area contributed by atoms with Crippen molar-refractivity contribution < 1.29 is 13.6 Å². The summed E-state index contributed by atoms with van der Waals surface area (Å²) in [5.74, 6) is 2.17. The molecule has 0 saturated heterocycles. The standard InChI is InChI=1S/C8H10F2N2O/c1-2-5-11-7(13)12-8(3-4-8)6(9)10/h1,6H,3-5H2,(H2,11,12,13). The predicted molar refractivity (Wildman–Crippen MR) is 43.3 cm³/mol. The lowest BCUT2D eigenvalue weighted by molar-refractivity contribution is 0.0896. The zero-order valence-electron chi connectivity index (χ0n) is 6.94. The van der Waals surface area contributed by atoms with Gasteiger partial charge in [-0.3, -0.25) is 0 Å². The van der Waals surface area contributed by atoms with E-state index in [4.69, 9.17) is 6.42 Å². The molecule has 0 atom stereocenters. The number of alkyl halides is 2. The van der Waals surface area contributed by atoms with Gasteiger partial charge in [0.15, 0.2) is 0 Å². The number of rotatable bonds is 3. The molecule has 0 radical (unpaired) electrons. The van der Waals surface area contributed by atoms with Crippen molar-refractivity contribution in [3.63, 3.8) is 0 Å². The maximum Gasteiger partial charge on any atom is 0.316 e. The summed E-state index contributed by atoms with van der Waals surface area (Å²) in [6.45, 7) is 0.0468. The average Bonchev–Trinajstić information content (AvgIpc) is 2.82. The Labute approximate surface area is 74.9 Å². The predicted octanol–water partition coefficient (Wildman–Crippen LogP) is 0.716. The molecular formula is C8H10F2N2O. The van der Waals surface area contributed by atoms with Gasteiger partial charge >= 0.3 is 6.03 Å². The van der Waals surface area contributed by atoms with Crippen LogP contribution in [0.5, 0.6) is 0 Å². The first-order valence-electron chi connectivity index (χ1n) is 3.88. The van der Waals surface area contributed by atoms with E-state index in [2.05, 4.69) is 16.6 Å². The molecule has 0 aliphatic heterocycles. The van der Waals surface area contributed by atoms with Gasteiger partial charge in [0.2, 0.25) is 0 Å². The minimum absolute atomic E-state index is 0.0468. The average molecular weight is 188 g/mol. The number of carbonyl (C=O) groups is 1. The van der Waals surface area contributed by atoms with Gasteiger partial charge in [0.05, 0.1) is 6.54 Å². The van der Waals surface area contributed by atoms with Crippen LogP contribution < -0.4 is 10.6 Å². The Morgan fingerprint density at radius 1 is 1.62 bits per heavy atom. The second kappa shape index (κ2) is 3.60. The van der Waals surface area contributed by atoms with E-state index in [9.17, 15) is 13.6 Å². The van der Waals surface area contributed by atoms with Crippen molar-refractivity contribution in [1.29, 1.82) is 0 Å². The first-order chi connectivity index (χ1) is 6.10. The summed E-state index contributed by atoms with van der Waals surface area (Å²) in [5.41, 5.74) is -1.29. The largest absolute Gasteiger partial charge is 0.327 e. The second-order valence-corrected chi connectivity index (χ2v) is 2.97. The number of nitrogens with one attached hydrogen (secondary N) is 2. The van der Waals surface area contributed by atoms with Crippen molar-refractivity contribution in [1.82, 2.24) is 10.6 Å². The molecular weight excluding hydrogens is 178 g/mol. The van der Waals surface area contributed by atoms with Crippen LogP contribution in [0.1, 0.15) is 12.8 Å². The van der Waals surface area contributed by atoms with Crippen molar-refractivity contribution in [3.8, 4) is 12.3 Å². The van der Waals surface area contributed by atoms with E-state index in [-0.39, 0.29) is 6.54 Å². The molecule has 1 aliphatic carbocycles. The topological polar surface area (TPSA) is 41.1 Å². The molecule has 72 valence electrons. The molecule has 1 fully saturated rings. The number of hydrogen-bond donors (Lipinski definition) is 2. The Balaban J connectivity index is 2.33. The summed E-state index contributed by atoms with van der Waals surface area (Å²) in [6, 6.07) is -0.629. The molecule has 0 bridgehead atoms. The van der Waals surface area contributed by atoms with Crippen LogP contribution in [0.4, 0.5) is 13.6 Å². The molecule has 2 N–H and O–H groups in total. The number of amides is 2. The Morgan fingerprint density at radius 2 is 2.23 bits per heavy atom. The summed E-state index contributed by atoms with van der Waals surface area (Å²) in [6.07, 6.45) is 3.02. The summed E-state index contributed by atoms with van der Waals surface area (Å²) < 4.78 is 24.5. The molecule has 1 saturated carbocycles. The monoisotopic (exact) mass is 188 g/mol. The Kier molecular flexibility index (Phi) is 2.71. The Bertz CT molecular complexity index is 243. The van der Waals surface area contributed by atoms with E-state index in [1.54, 1.807) is 0 Å². The Hall–Kier alpha value is -1.31. The quantitative estimate of drug-likeness (QED) is 0.629. The van der Waals surface area contributed by atoms with E-state index in [0.717, 1.165) is 0 Å². The van der Waals surface area contributed by atoms with Crippen LogP contribution in [0.15, 0.2) is 0 Å². The first kappa shape index (κ1) is 9.78. The van der Waals surface area contributed by atoms with Crippen molar-refractivity contribution in [3.05, 3.63) is 0 Å². The molecule has 5 heteroatoms. The third-order valence-electron chi connectivity index (χ3n) is 1.92. The highest BCUT2D eigenvalue weighted by molar-refractivity contribution is 5.75. The highest BCUT2D eigenvalue weighted by Gasteiger charge is 2.52. The van der Waals surface area contributed by atoms with E-state index in [1.165, 1.54) is 0 Å². The zero-order chi connectivity index (χ0) is 9.90. The van der Waals surface area contributed by atoms with Crippen LogP contribution in [-0.2, 0) is 0 Å². The van der Waals surface area contributed by atoms with E-state index < -0.39 is 18.0 Å². The fourth-order valence-corrected chi connectivity index (χ4v) is 0.934. The van der Waals surface area contributed by atoms with Gasteiger partial charge in [-0.15, -0.1) is 6.42 Å². The maximum atomic E-state index is 12.3. The fraction of sp³-hybridized carbons (Fsp3) is 0.625. The summed E-state index contributed by atoms with van der Waals surface area (Å²) in [4.78, 5) is 10.9. The van der Waals surface area contributed by atoms with Crippen LogP contribution in [0, 0.1) is 12.3 Å². The highest BCUT2D eigenvalue weighted by atomic mass is 19.3. The molecule has 0 heterocycles. The molecule has 2 amide bonds. The Morgan fingerprint density at radius 3 is 2.62 bits per heavy atom. The van der Waals surface area contributed by atoms with Crippen molar-refractivity contribution in [2.75, 3.05) is 6.54 Å². The van der Waals surface area contributed by atoms with Crippen LogP contribution in [0.25, 0.3) is 0 Å². The van der Waals surface area contributed by atoms with Gasteiger partial charge in [-0.2, -0.15) is 0 Å². The molecule has 0 spiro atoms. The lowest BCUT2D eigenvalue weighted by atomic mass is 10.3. The molecule has 1 aliphatic rings. The van der Waals surface area contributed by atoms with Gasteiger partial charge in [-0.25, -0.2) is 13.6 Å². The highest BCUT2D eigenvalue weighted by Crippen LogP contribution is 2.40. The van der Waals surface area contributed by atoms with Gasteiger partial charge in [0.25, 0.3) is 6.43 Å². The first-order valence-corrected chi connectivity index (χ1v) is 3.88. The van der Waals surface area contributed by atoms with Gasteiger partial charge in [0.1, 0.15) is 5.54 Å².